The molecule has 6 rings (SSSR count). The van der Waals surface area contributed by atoms with Crippen molar-refractivity contribution in [2.75, 3.05) is 0 Å². The SMILES string of the molecule is CCCCCCCc1ccc(C(OC(c2ccc(CCCCCCC)cc2)C2CCC(C3CCC(CCC)CC3)CC2)C2CCC(C3CCC(CCC)CC3)CC2)cc1. The predicted octanol–water partition coefficient (Wildman–Crippen LogP) is 18.3. The summed E-state index contributed by atoms with van der Waals surface area (Å²) >= 11 is 0. The number of ether oxygens (including phenoxy) is 1. The van der Waals surface area contributed by atoms with Crippen LogP contribution in [0.5, 0.6) is 0 Å². The van der Waals surface area contributed by atoms with Gasteiger partial charge in [-0.2, -0.15) is 0 Å². The van der Waals surface area contributed by atoms with Gasteiger partial charge in [0.25, 0.3) is 0 Å². The fourth-order valence-corrected chi connectivity index (χ4v) is 13.2. The van der Waals surface area contributed by atoms with E-state index in [1.807, 2.05) is 0 Å². The Morgan fingerprint density at radius 2 is 0.695 bits per heavy atom. The summed E-state index contributed by atoms with van der Waals surface area (Å²) in [6.07, 6.45) is 45.1. The smallest absolute Gasteiger partial charge is 0.0861 e. The Kier molecular flexibility index (Phi) is 20.8. The highest BCUT2D eigenvalue weighted by atomic mass is 16.5. The zero-order chi connectivity index (χ0) is 41.1. The molecule has 4 fully saturated rings. The molecule has 0 aliphatic heterocycles. The summed E-state index contributed by atoms with van der Waals surface area (Å²) in [5.74, 6) is 7.13. The molecule has 332 valence electrons. The first-order valence-corrected chi connectivity index (χ1v) is 26.9. The van der Waals surface area contributed by atoms with Crippen molar-refractivity contribution in [3.05, 3.63) is 70.8 Å². The van der Waals surface area contributed by atoms with Crippen molar-refractivity contribution in [3.63, 3.8) is 0 Å². The van der Waals surface area contributed by atoms with Gasteiger partial charge in [0.2, 0.25) is 0 Å². The molecule has 0 spiro atoms. The Bertz CT molecular complexity index is 1240. The van der Waals surface area contributed by atoms with Crippen molar-refractivity contribution in [1.29, 1.82) is 0 Å². The lowest BCUT2D eigenvalue weighted by Crippen LogP contribution is -2.31. The number of hydrogen-bond donors (Lipinski definition) is 0. The van der Waals surface area contributed by atoms with Gasteiger partial charge in [-0.25, -0.2) is 0 Å². The van der Waals surface area contributed by atoms with Crippen molar-refractivity contribution in [2.45, 2.75) is 245 Å². The van der Waals surface area contributed by atoms with E-state index in [1.54, 1.807) is 0 Å². The van der Waals surface area contributed by atoms with Crippen molar-refractivity contribution in [2.24, 2.45) is 47.3 Å². The largest absolute Gasteiger partial charge is 0.365 e. The van der Waals surface area contributed by atoms with Crippen LogP contribution in [0, 0.1) is 47.3 Å². The molecule has 4 aliphatic rings. The molecule has 0 radical (unpaired) electrons. The van der Waals surface area contributed by atoms with E-state index in [0.29, 0.717) is 11.8 Å². The molecule has 4 saturated carbocycles. The molecule has 0 aromatic heterocycles. The second-order valence-corrected chi connectivity index (χ2v) is 21.3. The number of unbranched alkanes of at least 4 members (excludes halogenated alkanes) is 8. The molecule has 0 N–H and O–H groups in total. The van der Waals surface area contributed by atoms with Crippen LogP contribution in [0.2, 0.25) is 0 Å². The summed E-state index contributed by atoms with van der Waals surface area (Å²) in [6, 6.07) is 20.0. The predicted molar refractivity (Wildman–Crippen MR) is 256 cm³/mol. The van der Waals surface area contributed by atoms with E-state index >= 15 is 0 Å². The number of benzene rings is 2. The second-order valence-electron chi connectivity index (χ2n) is 21.3. The maximum Gasteiger partial charge on any atom is 0.0861 e. The van der Waals surface area contributed by atoms with Gasteiger partial charge in [-0.15, -0.1) is 0 Å². The molecule has 2 aromatic carbocycles. The first kappa shape index (κ1) is 46.9. The van der Waals surface area contributed by atoms with E-state index in [1.165, 1.54) is 228 Å². The highest BCUT2D eigenvalue weighted by molar-refractivity contribution is 5.28. The summed E-state index contributed by atoms with van der Waals surface area (Å²) < 4.78 is 7.88. The van der Waals surface area contributed by atoms with Gasteiger partial charge >= 0.3 is 0 Å². The lowest BCUT2D eigenvalue weighted by atomic mass is 9.67. The van der Waals surface area contributed by atoms with E-state index in [2.05, 4.69) is 76.2 Å². The summed E-state index contributed by atoms with van der Waals surface area (Å²) in [5, 5.41) is 0. The Labute approximate surface area is 366 Å². The summed E-state index contributed by atoms with van der Waals surface area (Å²) in [4.78, 5) is 0. The van der Waals surface area contributed by atoms with E-state index in [0.717, 1.165) is 35.5 Å². The van der Waals surface area contributed by atoms with Crippen LogP contribution in [0.1, 0.15) is 255 Å². The van der Waals surface area contributed by atoms with Crippen molar-refractivity contribution in [1.82, 2.24) is 0 Å². The van der Waals surface area contributed by atoms with Crippen LogP contribution >= 0.6 is 0 Å². The van der Waals surface area contributed by atoms with Crippen LogP contribution in [-0.2, 0) is 17.6 Å². The molecule has 4 aliphatic carbocycles. The third-order valence-corrected chi connectivity index (χ3v) is 17.0. The average Bonchev–Trinajstić information content (AvgIpc) is 3.28. The van der Waals surface area contributed by atoms with Crippen LogP contribution < -0.4 is 0 Å². The molecule has 0 amide bonds. The maximum absolute atomic E-state index is 7.88. The minimum absolute atomic E-state index is 0.199. The molecule has 1 nitrogen and oxygen atoms in total. The molecular weight excluding hydrogens is 713 g/mol. The molecule has 2 atom stereocenters. The van der Waals surface area contributed by atoms with Gasteiger partial charge in [0.05, 0.1) is 12.2 Å². The highest BCUT2D eigenvalue weighted by Crippen LogP contribution is 2.50. The van der Waals surface area contributed by atoms with Gasteiger partial charge in [0.15, 0.2) is 0 Å². The van der Waals surface area contributed by atoms with Crippen molar-refractivity contribution in [3.8, 4) is 0 Å². The molecule has 2 aromatic rings. The van der Waals surface area contributed by atoms with E-state index in [4.69, 9.17) is 4.74 Å². The van der Waals surface area contributed by atoms with Crippen LogP contribution in [0.4, 0.5) is 0 Å². The molecule has 59 heavy (non-hydrogen) atoms. The van der Waals surface area contributed by atoms with E-state index in [9.17, 15) is 0 Å². The standard InChI is InChI=1S/C58H94O/c1-5-9-11-13-15-19-47-25-33-53(34-26-47)57(55-41-37-51(38-42-55)49-29-21-45(17-7-3)22-30-49)59-58(54-35-27-48(28-36-54)20-16-14-12-10-6-2)56-43-39-52(40-44-56)50-31-23-46(18-8-4)24-32-50/h25-28,33-36,45-46,49-52,55-58H,5-24,29-32,37-44H2,1-4H3. The minimum Gasteiger partial charge on any atom is -0.365 e. The zero-order valence-electron chi connectivity index (χ0n) is 39.4. The Balaban J connectivity index is 1.17. The minimum atomic E-state index is 0.199. The van der Waals surface area contributed by atoms with Gasteiger partial charge in [-0.1, -0.05) is 179 Å². The quantitative estimate of drug-likeness (QED) is 0.0960. The van der Waals surface area contributed by atoms with Gasteiger partial charge in [-0.3, -0.25) is 0 Å². The third-order valence-electron chi connectivity index (χ3n) is 17.0. The van der Waals surface area contributed by atoms with Gasteiger partial charge in [-0.05, 0) is 172 Å². The van der Waals surface area contributed by atoms with Gasteiger partial charge in [0, 0.05) is 0 Å². The Morgan fingerprint density at radius 1 is 0.373 bits per heavy atom. The van der Waals surface area contributed by atoms with Crippen LogP contribution in [0.15, 0.2) is 48.5 Å². The van der Waals surface area contributed by atoms with Crippen molar-refractivity contribution >= 4 is 0 Å². The second kappa shape index (κ2) is 26.1. The monoisotopic (exact) mass is 807 g/mol. The van der Waals surface area contributed by atoms with Crippen LogP contribution in [0.3, 0.4) is 0 Å². The van der Waals surface area contributed by atoms with Crippen LogP contribution in [0.25, 0.3) is 0 Å². The number of rotatable bonds is 24. The normalized spacial score (nSPS) is 28.9. The van der Waals surface area contributed by atoms with E-state index < -0.39 is 0 Å². The summed E-state index contributed by atoms with van der Waals surface area (Å²) in [6.45, 7) is 9.41. The topological polar surface area (TPSA) is 9.23 Å². The van der Waals surface area contributed by atoms with Gasteiger partial charge in [0.1, 0.15) is 0 Å². The number of hydrogen-bond acceptors (Lipinski definition) is 1. The maximum atomic E-state index is 7.88. The molecule has 0 heterocycles. The zero-order valence-corrected chi connectivity index (χ0v) is 39.4. The average molecular weight is 807 g/mol. The number of aryl methyl sites for hydroxylation is 2. The Morgan fingerprint density at radius 3 is 1.02 bits per heavy atom. The Hall–Kier alpha value is -1.60. The summed E-state index contributed by atoms with van der Waals surface area (Å²) in [7, 11) is 0. The lowest BCUT2D eigenvalue weighted by Gasteiger charge is -2.43. The van der Waals surface area contributed by atoms with E-state index in [-0.39, 0.29) is 12.2 Å². The van der Waals surface area contributed by atoms with Crippen molar-refractivity contribution < 1.29 is 4.74 Å². The van der Waals surface area contributed by atoms with Crippen LogP contribution in [-0.4, -0.2) is 0 Å². The molecule has 2 unspecified atom stereocenters. The highest BCUT2D eigenvalue weighted by Gasteiger charge is 2.39. The van der Waals surface area contributed by atoms with Gasteiger partial charge < -0.3 is 4.74 Å². The molecule has 0 saturated heterocycles. The first-order valence-electron chi connectivity index (χ1n) is 26.9. The fourth-order valence-electron chi connectivity index (χ4n) is 13.2. The third kappa shape index (κ3) is 14.7. The molecular formula is C58H94O. The molecule has 0 bridgehead atoms. The molecule has 1 heteroatoms. The fraction of sp³-hybridized carbons (Fsp3) is 0.793. The first-order chi connectivity index (χ1) is 29.1. The summed E-state index contributed by atoms with van der Waals surface area (Å²) in [5.41, 5.74) is 5.98. The lowest BCUT2D eigenvalue weighted by molar-refractivity contribution is -0.0934.